The van der Waals surface area contributed by atoms with Gasteiger partial charge in [0.25, 0.3) is 0 Å². The number of nitrogens with one attached hydrogen (secondary N) is 1. The third-order valence-corrected chi connectivity index (χ3v) is 3.33. The highest BCUT2D eigenvalue weighted by Gasteiger charge is 2.38. The first-order valence-electron chi connectivity index (χ1n) is 6.37. The molecule has 0 saturated heterocycles. The molecule has 0 heterocycles. The predicted molar refractivity (Wildman–Crippen MR) is 76.1 cm³/mol. The van der Waals surface area contributed by atoms with E-state index in [1.54, 1.807) is 18.2 Å². The number of carboxylic acids is 1. The Morgan fingerprint density at radius 3 is 2.48 bits per heavy atom. The Bertz CT molecular complexity index is 688. The highest BCUT2D eigenvalue weighted by Crippen LogP contribution is 2.30. The van der Waals surface area contributed by atoms with E-state index in [1.165, 1.54) is 19.1 Å². The summed E-state index contributed by atoms with van der Waals surface area (Å²) in [5, 5.41) is 12.3. The molecule has 1 atom stereocenters. The average molecular weight is 291 g/mol. The van der Waals surface area contributed by atoms with E-state index in [9.17, 15) is 18.7 Å². The van der Waals surface area contributed by atoms with Crippen LogP contribution in [0.25, 0.3) is 0 Å². The average Bonchev–Trinajstić information content (AvgIpc) is 2.41. The minimum Gasteiger partial charge on any atom is -0.479 e. The minimum absolute atomic E-state index is 0.253. The van der Waals surface area contributed by atoms with Crippen molar-refractivity contribution in [3.05, 3.63) is 65.2 Å². The monoisotopic (exact) mass is 291 g/mol. The van der Waals surface area contributed by atoms with Gasteiger partial charge in [-0.05, 0) is 37.6 Å². The quantitative estimate of drug-likeness (QED) is 0.903. The summed E-state index contributed by atoms with van der Waals surface area (Å²) in [7, 11) is 0. The van der Waals surface area contributed by atoms with Gasteiger partial charge in [0.05, 0.1) is 0 Å². The van der Waals surface area contributed by atoms with Crippen LogP contribution < -0.4 is 5.32 Å². The number of hydrogen-bond acceptors (Lipinski definition) is 2. The Balaban J connectivity index is 2.51. The first-order valence-corrected chi connectivity index (χ1v) is 6.37. The van der Waals surface area contributed by atoms with E-state index in [2.05, 4.69) is 5.32 Å². The van der Waals surface area contributed by atoms with Crippen molar-refractivity contribution >= 4 is 11.7 Å². The maximum atomic E-state index is 14.0. The Morgan fingerprint density at radius 2 is 1.86 bits per heavy atom. The molecule has 0 aromatic heterocycles. The molecule has 0 aliphatic heterocycles. The number of hydrogen-bond donors (Lipinski definition) is 2. The van der Waals surface area contributed by atoms with Gasteiger partial charge in [0.1, 0.15) is 0 Å². The van der Waals surface area contributed by atoms with Crippen LogP contribution in [-0.2, 0) is 10.3 Å². The third kappa shape index (κ3) is 2.86. The minimum atomic E-state index is -1.78. The predicted octanol–water partition coefficient (Wildman–Crippen LogP) is 3.69. The lowest BCUT2D eigenvalue weighted by Crippen LogP contribution is -2.41. The van der Waals surface area contributed by atoms with Gasteiger partial charge in [-0.15, -0.1) is 0 Å². The summed E-state index contributed by atoms with van der Waals surface area (Å²) < 4.78 is 27.3. The number of carbonyl (C=O) groups is 1. The molecule has 110 valence electrons. The largest absolute Gasteiger partial charge is 0.479 e. The number of halogens is 2. The van der Waals surface area contributed by atoms with Crippen LogP contribution in [0.4, 0.5) is 14.5 Å². The maximum Gasteiger partial charge on any atom is 0.333 e. The van der Waals surface area contributed by atoms with Gasteiger partial charge < -0.3 is 10.4 Å². The zero-order chi connectivity index (χ0) is 15.6. The SMILES string of the molecule is Cc1cccc(NC(C)(C(=O)O)c2cccc(F)c2F)c1. The number of anilines is 1. The molecule has 2 N–H and O–H groups in total. The van der Waals surface area contributed by atoms with E-state index >= 15 is 0 Å². The van der Waals surface area contributed by atoms with Gasteiger partial charge in [0.2, 0.25) is 0 Å². The van der Waals surface area contributed by atoms with Crippen molar-refractivity contribution < 1.29 is 18.7 Å². The molecule has 0 fully saturated rings. The van der Waals surface area contributed by atoms with Crippen LogP contribution in [-0.4, -0.2) is 11.1 Å². The number of aliphatic carboxylic acids is 1. The summed E-state index contributed by atoms with van der Waals surface area (Å²) in [5.41, 5.74) is -0.590. The van der Waals surface area contributed by atoms with E-state index < -0.39 is 23.1 Å². The first kappa shape index (κ1) is 15.0. The van der Waals surface area contributed by atoms with Gasteiger partial charge in [0, 0.05) is 11.3 Å². The van der Waals surface area contributed by atoms with E-state index in [1.807, 2.05) is 13.0 Å². The zero-order valence-corrected chi connectivity index (χ0v) is 11.7. The molecule has 2 aromatic carbocycles. The smallest absolute Gasteiger partial charge is 0.333 e. The highest BCUT2D eigenvalue weighted by atomic mass is 19.2. The molecular formula is C16H15F2NO2. The molecule has 0 amide bonds. The van der Waals surface area contributed by atoms with Crippen LogP contribution in [0.15, 0.2) is 42.5 Å². The third-order valence-electron chi connectivity index (χ3n) is 3.33. The van der Waals surface area contributed by atoms with Crippen molar-refractivity contribution in [1.29, 1.82) is 0 Å². The molecule has 2 aromatic rings. The van der Waals surface area contributed by atoms with Gasteiger partial charge in [0.15, 0.2) is 17.2 Å². The molecule has 0 bridgehead atoms. The van der Waals surface area contributed by atoms with Crippen LogP contribution in [0.3, 0.4) is 0 Å². The molecule has 21 heavy (non-hydrogen) atoms. The van der Waals surface area contributed by atoms with Crippen molar-refractivity contribution in [3.8, 4) is 0 Å². The molecule has 5 heteroatoms. The first-order chi connectivity index (χ1) is 9.84. The second-order valence-corrected chi connectivity index (χ2v) is 5.03. The van der Waals surface area contributed by atoms with E-state index in [0.29, 0.717) is 5.69 Å². The van der Waals surface area contributed by atoms with Crippen molar-refractivity contribution in [2.24, 2.45) is 0 Å². The lowest BCUT2D eigenvalue weighted by Gasteiger charge is -2.28. The van der Waals surface area contributed by atoms with Crippen molar-refractivity contribution in [2.45, 2.75) is 19.4 Å². The van der Waals surface area contributed by atoms with Crippen LogP contribution >= 0.6 is 0 Å². The van der Waals surface area contributed by atoms with Crippen LogP contribution in [0.5, 0.6) is 0 Å². The van der Waals surface area contributed by atoms with Crippen molar-refractivity contribution in [2.75, 3.05) is 5.32 Å². The summed E-state index contributed by atoms with van der Waals surface area (Å²) >= 11 is 0. The number of aryl methyl sites for hydroxylation is 1. The lowest BCUT2D eigenvalue weighted by atomic mass is 9.91. The summed E-state index contributed by atoms with van der Waals surface area (Å²) in [6, 6.07) is 10.5. The molecule has 1 unspecified atom stereocenters. The normalized spacial score (nSPS) is 13.5. The number of rotatable bonds is 4. The molecule has 2 rings (SSSR count). The van der Waals surface area contributed by atoms with Gasteiger partial charge in [-0.3, -0.25) is 0 Å². The van der Waals surface area contributed by atoms with Crippen molar-refractivity contribution in [3.63, 3.8) is 0 Å². The molecular weight excluding hydrogens is 276 g/mol. The Labute approximate surface area is 121 Å². The molecule has 0 radical (unpaired) electrons. The molecule has 0 aliphatic carbocycles. The number of carboxylic acid groups (broad SMARTS) is 1. The second kappa shape index (κ2) is 5.52. The Kier molecular flexibility index (Phi) is 3.93. The van der Waals surface area contributed by atoms with Gasteiger partial charge in [-0.1, -0.05) is 24.3 Å². The standard InChI is InChI=1S/C16H15F2NO2/c1-10-5-3-6-11(9-10)19-16(2,15(20)21)12-7-4-8-13(17)14(12)18/h3-9,19H,1-2H3,(H,20,21). The molecule has 3 nitrogen and oxygen atoms in total. The van der Waals surface area contributed by atoms with E-state index in [0.717, 1.165) is 11.6 Å². The molecule has 0 saturated carbocycles. The van der Waals surface area contributed by atoms with Crippen LogP contribution in [0.2, 0.25) is 0 Å². The summed E-state index contributed by atoms with van der Waals surface area (Å²) in [4.78, 5) is 11.6. The van der Waals surface area contributed by atoms with E-state index in [4.69, 9.17) is 0 Å². The zero-order valence-electron chi connectivity index (χ0n) is 11.7. The fourth-order valence-corrected chi connectivity index (χ4v) is 2.14. The summed E-state index contributed by atoms with van der Waals surface area (Å²) in [6.45, 7) is 3.15. The van der Waals surface area contributed by atoms with Crippen LogP contribution in [0, 0.1) is 18.6 Å². The summed E-state index contributed by atoms with van der Waals surface area (Å²) in [5.74, 6) is -3.54. The Hall–Kier alpha value is -2.43. The van der Waals surface area contributed by atoms with Crippen LogP contribution in [0.1, 0.15) is 18.1 Å². The van der Waals surface area contributed by atoms with E-state index in [-0.39, 0.29) is 5.56 Å². The summed E-state index contributed by atoms with van der Waals surface area (Å²) in [6.07, 6.45) is 0. The number of benzene rings is 2. The maximum absolute atomic E-state index is 14.0. The fourth-order valence-electron chi connectivity index (χ4n) is 2.14. The van der Waals surface area contributed by atoms with Crippen molar-refractivity contribution in [1.82, 2.24) is 0 Å². The molecule has 0 aliphatic rings. The second-order valence-electron chi connectivity index (χ2n) is 5.03. The fraction of sp³-hybridized carbons (Fsp3) is 0.188. The van der Waals surface area contributed by atoms with Gasteiger partial charge in [-0.2, -0.15) is 0 Å². The topological polar surface area (TPSA) is 49.3 Å². The lowest BCUT2D eigenvalue weighted by molar-refractivity contribution is -0.142. The molecule has 0 spiro atoms. The van der Waals surface area contributed by atoms with Gasteiger partial charge >= 0.3 is 5.97 Å². The van der Waals surface area contributed by atoms with Gasteiger partial charge in [-0.25, -0.2) is 13.6 Å². The highest BCUT2D eigenvalue weighted by molar-refractivity contribution is 5.84. The Morgan fingerprint density at radius 1 is 1.19 bits per heavy atom.